The molecule has 1 heterocycles. The predicted octanol–water partition coefficient (Wildman–Crippen LogP) is 2.33. The molecule has 0 atom stereocenters. The Morgan fingerprint density at radius 3 is 2.48 bits per heavy atom. The first kappa shape index (κ1) is 15.2. The van der Waals surface area contributed by atoms with Crippen LogP contribution in [0.5, 0.6) is 0 Å². The maximum absolute atomic E-state index is 13.0. The first-order chi connectivity index (χ1) is 9.89. The summed E-state index contributed by atoms with van der Waals surface area (Å²) in [6, 6.07) is 5.88. The Kier molecular flexibility index (Phi) is 4.40. The first-order valence-electron chi connectivity index (χ1n) is 6.61. The number of nitrogens with one attached hydrogen (secondary N) is 1. The molecular weight excluding hydrogens is 282 g/mol. The van der Waals surface area contributed by atoms with Crippen molar-refractivity contribution < 1.29 is 23.5 Å². The highest BCUT2D eigenvalue weighted by atomic mass is 19.3. The third kappa shape index (κ3) is 3.90. The summed E-state index contributed by atoms with van der Waals surface area (Å²) in [6.45, 7) is 0.0486. The molecular formula is C14H16F2N2O3. The topological polar surface area (TPSA) is 69.6 Å². The molecule has 0 aromatic heterocycles. The minimum atomic E-state index is -2.70. The van der Waals surface area contributed by atoms with Crippen molar-refractivity contribution in [3.05, 3.63) is 35.4 Å². The number of carbonyl (C=O) groups is 2. The number of carboxylic acids is 1. The van der Waals surface area contributed by atoms with Crippen LogP contribution in [0, 0.1) is 0 Å². The van der Waals surface area contributed by atoms with Crippen LogP contribution in [0.4, 0.5) is 13.6 Å². The van der Waals surface area contributed by atoms with Crippen LogP contribution in [-0.2, 0) is 6.54 Å². The van der Waals surface area contributed by atoms with Crippen molar-refractivity contribution in [2.45, 2.75) is 25.3 Å². The van der Waals surface area contributed by atoms with Gasteiger partial charge in [-0.15, -0.1) is 0 Å². The zero-order valence-electron chi connectivity index (χ0n) is 11.3. The molecule has 0 aliphatic carbocycles. The molecule has 1 fully saturated rings. The van der Waals surface area contributed by atoms with Gasteiger partial charge in [0.15, 0.2) is 0 Å². The van der Waals surface area contributed by atoms with Crippen molar-refractivity contribution in [2.24, 2.45) is 0 Å². The summed E-state index contributed by atoms with van der Waals surface area (Å²) in [5.41, 5.74) is 0.587. The summed E-state index contributed by atoms with van der Waals surface area (Å²) < 4.78 is 26.0. The smallest absolute Gasteiger partial charge is 0.336 e. The van der Waals surface area contributed by atoms with Gasteiger partial charge in [-0.2, -0.15) is 0 Å². The fourth-order valence-corrected chi connectivity index (χ4v) is 2.20. The van der Waals surface area contributed by atoms with Gasteiger partial charge in [0.1, 0.15) is 0 Å². The van der Waals surface area contributed by atoms with Crippen molar-refractivity contribution in [3.63, 3.8) is 0 Å². The molecule has 0 unspecified atom stereocenters. The molecule has 2 rings (SSSR count). The number of halogens is 2. The van der Waals surface area contributed by atoms with Gasteiger partial charge in [0.25, 0.3) is 5.92 Å². The van der Waals surface area contributed by atoms with Gasteiger partial charge in [-0.05, 0) is 11.6 Å². The lowest BCUT2D eigenvalue weighted by Crippen LogP contribution is -2.47. The highest BCUT2D eigenvalue weighted by Gasteiger charge is 2.35. The summed E-state index contributed by atoms with van der Waals surface area (Å²) in [4.78, 5) is 24.2. The quantitative estimate of drug-likeness (QED) is 0.899. The molecule has 7 heteroatoms. The van der Waals surface area contributed by atoms with E-state index in [2.05, 4.69) is 5.32 Å². The monoisotopic (exact) mass is 298 g/mol. The summed E-state index contributed by atoms with van der Waals surface area (Å²) in [6.07, 6.45) is -0.682. The Morgan fingerprint density at radius 2 is 1.86 bits per heavy atom. The molecule has 1 aromatic rings. The van der Waals surface area contributed by atoms with Gasteiger partial charge in [-0.25, -0.2) is 18.4 Å². The number of urea groups is 1. The minimum Gasteiger partial charge on any atom is -0.478 e. The fraction of sp³-hybridized carbons (Fsp3) is 0.429. The molecule has 0 spiro atoms. The normalized spacial score (nSPS) is 17.3. The number of rotatable bonds is 3. The number of aromatic carboxylic acids is 1. The Labute approximate surface area is 120 Å². The zero-order valence-corrected chi connectivity index (χ0v) is 11.3. The Hall–Kier alpha value is -2.18. The Morgan fingerprint density at radius 1 is 1.24 bits per heavy atom. The molecule has 1 aromatic carbocycles. The lowest BCUT2D eigenvalue weighted by atomic mass is 10.1. The van der Waals surface area contributed by atoms with E-state index in [-0.39, 0.29) is 38.0 Å². The largest absolute Gasteiger partial charge is 0.478 e. The van der Waals surface area contributed by atoms with Gasteiger partial charge in [0.2, 0.25) is 0 Å². The number of carboxylic acid groups (broad SMARTS) is 1. The number of alkyl halides is 2. The average Bonchev–Trinajstić information content (AvgIpc) is 2.45. The molecule has 114 valence electrons. The highest BCUT2D eigenvalue weighted by Crippen LogP contribution is 2.27. The number of hydrogen-bond donors (Lipinski definition) is 2. The molecule has 21 heavy (non-hydrogen) atoms. The summed E-state index contributed by atoms with van der Waals surface area (Å²) in [5, 5.41) is 11.6. The molecule has 1 saturated heterocycles. The van der Waals surface area contributed by atoms with E-state index >= 15 is 0 Å². The summed E-state index contributed by atoms with van der Waals surface area (Å²) in [7, 11) is 0. The zero-order chi connectivity index (χ0) is 15.5. The van der Waals surface area contributed by atoms with Crippen molar-refractivity contribution in [2.75, 3.05) is 13.1 Å². The number of carbonyl (C=O) groups excluding carboxylic acids is 1. The molecule has 0 bridgehead atoms. The number of likely N-dealkylation sites (tertiary alicyclic amines) is 1. The number of hydrogen-bond acceptors (Lipinski definition) is 2. The second-order valence-electron chi connectivity index (χ2n) is 4.96. The van der Waals surface area contributed by atoms with Gasteiger partial charge >= 0.3 is 12.0 Å². The molecule has 2 amide bonds. The standard InChI is InChI=1S/C14H16F2N2O3/c15-14(16)5-7-18(8-6-14)13(21)17-9-10-3-1-2-4-11(10)12(19)20/h1-4H,5-9H2,(H,17,21)(H,19,20). The van der Waals surface area contributed by atoms with E-state index in [1.807, 2.05) is 0 Å². The van der Waals surface area contributed by atoms with Gasteiger partial charge < -0.3 is 15.3 Å². The van der Waals surface area contributed by atoms with Crippen LogP contribution in [0.15, 0.2) is 24.3 Å². The van der Waals surface area contributed by atoms with Crippen LogP contribution >= 0.6 is 0 Å². The second kappa shape index (κ2) is 6.07. The fourth-order valence-electron chi connectivity index (χ4n) is 2.20. The second-order valence-corrected chi connectivity index (χ2v) is 4.96. The van der Waals surface area contributed by atoms with Crippen molar-refractivity contribution in [1.29, 1.82) is 0 Å². The van der Waals surface area contributed by atoms with E-state index in [0.29, 0.717) is 5.56 Å². The van der Waals surface area contributed by atoms with Gasteiger partial charge in [0, 0.05) is 32.5 Å². The summed E-state index contributed by atoms with van der Waals surface area (Å²) >= 11 is 0. The maximum Gasteiger partial charge on any atom is 0.336 e. The minimum absolute atomic E-state index is 0.000585. The lowest BCUT2D eigenvalue weighted by Gasteiger charge is -2.31. The van der Waals surface area contributed by atoms with E-state index in [1.165, 1.54) is 11.0 Å². The van der Waals surface area contributed by atoms with Crippen molar-refractivity contribution >= 4 is 12.0 Å². The van der Waals surface area contributed by atoms with Gasteiger partial charge in [0.05, 0.1) is 5.56 Å². The predicted molar refractivity (Wildman–Crippen MR) is 71.4 cm³/mol. The summed E-state index contributed by atoms with van der Waals surface area (Å²) in [5.74, 6) is -3.77. The van der Waals surface area contributed by atoms with Crippen molar-refractivity contribution in [1.82, 2.24) is 10.2 Å². The van der Waals surface area contributed by atoms with Crippen LogP contribution in [0.3, 0.4) is 0 Å². The van der Waals surface area contributed by atoms with E-state index in [1.54, 1.807) is 18.2 Å². The Balaban J connectivity index is 1.92. The third-order valence-corrected chi connectivity index (χ3v) is 3.46. The lowest BCUT2D eigenvalue weighted by molar-refractivity contribution is -0.0469. The van der Waals surface area contributed by atoms with Crippen LogP contribution in [-0.4, -0.2) is 41.0 Å². The molecule has 5 nitrogen and oxygen atoms in total. The first-order valence-corrected chi connectivity index (χ1v) is 6.61. The highest BCUT2D eigenvalue weighted by molar-refractivity contribution is 5.89. The van der Waals surface area contributed by atoms with E-state index in [4.69, 9.17) is 5.11 Å². The van der Waals surface area contributed by atoms with Gasteiger partial charge in [-0.1, -0.05) is 18.2 Å². The van der Waals surface area contributed by atoms with Crippen LogP contribution in [0.2, 0.25) is 0 Å². The van der Waals surface area contributed by atoms with Crippen LogP contribution in [0.25, 0.3) is 0 Å². The van der Waals surface area contributed by atoms with E-state index in [9.17, 15) is 18.4 Å². The molecule has 1 aliphatic rings. The SMILES string of the molecule is O=C(O)c1ccccc1CNC(=O)N1CCC(F)(F)CC1. The number of nitrogens with zero attached hydrogens (tertiary/aromatic N) is 1. The van der Waals surface area contributed by atoms with Crippen LogP contribution < -0.4 is 5.32 Å². The van der Waals surface area contributed by atoms with E-state index in [0.717, 1.165) is 0 Å². The molecule has 0 radical (unpaired) electrons. The number of amides is 2. The maximum atomic E-state index is 13.0. The molecule has 2 N–H and O–H groups in total. The Bertz CT molecular complexity index is 539. The number of benzene rings is 1. The van der Waals surface area contributed by atoms with Crippen molar-refractivity contribution in [3.8, 4) is 0 Å². The third-order valence-electron chi connectivity index (χ3n) is 3.46. The van der Waals surface area contributed by atoms with Gasteiger partial charge in [-0.3, -0.25) is 0 Å². The number of piperidine rings is 1. The average molecular weight is 298 g/mol. The molecule has 0 saturated carbocycles. The molecule has 1 aliphatic heterocycles. The van der Waals surface area contributed by atoms with E-state index < -0.39 is 17.9 Å². The van der Waals surface area contributed by atoms with Crippen LogP contribution in [0.1, 0.15) is 28.8 Å².